The van der Waals surface area contributed by atoms with E-state index in [1.54, 1.807) is 0 Å². The first-order valence-corrected chi connectivity index (χ1v) is 12.8. The number of ketones is 1. The van der Waals surface area contributed by atoms with Crippen molar-refractivity contribution >= 4 is 58.3 Å². The summed E-state index contributed by atoms with van der Waals surface area (Å²) < 4.78 is 71.5. The average Bonchev–Trinajstić information content (AvgIpc) is 2.86. The molecule has 2 atom stereocenters. The summed E-state index contributed by atoms with van der Waals surface area (Å²) in [4.78, 5) is 50.2. The van der Waals surface area contributed by atoms with Crippen molar-refractivity contribution in [1.29, 1.82) is 0 Å². The highest BCUT2D eigenvalue weighted by Gasteiger charge is 2.52. The summed E-state index contributed by atoms with van der Waals surface area (Å²) in [5, 5.41) is 6.07. The standard InChI is InChI=1S/C25H23Cl3F5N3O5/c1-12(2)19(21(38)25(32,33)23(40)34-11-24(29,30)31)36-22(39)20(13-3-5-14(26)6-4-13)35-18(37)10-41-17-8-15(27)7-16(28)9-17/h3-9,12,19-20H,10-11H2,1-2H3,(H,34,40)(H,35,37)(H,36,39)/t19-,20?/m0/s1. The van der Waals surface area contributed by atoms with Crippen molar-refractivity contribution in [2.24, 2.45) is 5.92 Å². The van der Waals surface area contributed by atoms with Gasteiger partial charge in [-0.1, -0.05) is 60.8 Å². The number of hydrogen-bond donors (Lipinski definition) is 3. The molecule has 1 unspecified atom stereocenters. The minimum absolute atomic E-state index is 0.121. The Hall–Kier alpha value is -3.16. The van der Waals surface area contributed by atoms with Crippen molar-refractivity contribution in [3.05, 3.63) is 63.1 Å². The lowest BCUT2D eigenvalue weighted by Crippen LogP contribution is -2.58. The van der Waals surface area contributed by atoms with Gasteiger partial charge >= 0.3 is 12.1 Å². The molecule has 0 aliphatic rings. The zero-order valence-electron chi connectivity index (χ0n) is 21.3. The summed E-state index contributed by atoms with van der Waals surface area (Å²) in [5.74, 6) is -12.5. The Kier molecular flexibility index (Phi) is 11.7. The van der Waals surface area contributed by atoms with Crippen molar-refractivity contribution in [2.75, 3.05) is 13.2 Å². The first-order valence-electron chi connectivity index (χ1n) is 11.6. The topological polar surface area (TPSA) is 114 Å². The molecule has 41 heavy (non-hydrogen) atoms. The number of amides is 3. The Morgan fingerprint density at radius 1 is 0.854 bits per heavy atom. The number of carbonyl (C=O) groups is 4. The van der Waals surface area contributed by atoms with Crippen molar-refractivity contribution in [3.8, 4) is 5.75 Å². The number of alkyl halides is 5. The molecule has 2 aromatic rings. The Morgan fingerprint density at radius 2 is 1.41 bits per heavy atom. The van der Waals surface area contributed by atoms with E-state index in [0.717, 1.165) is 5.32 Å². The van der Waals surface area contributed by atoms with Crippen molar-refractivity contribution in [1.82, 2.24) is 16.0 Å². The van der Waals surface area contributed by atoms with Gasteiger partial charge in [-0.2, -0.15) is 22.0 Å². The third kappa shape index (κ3) is 10.3. The summed E-state index contributed by atoms with van der Waals surface area (Å²) in [6.45, 7) is -0.224. The number of nitrogens with one attached hydrogen (secondary N) is 3. The molecular weight excluding hydrogens is 624 g/mol. The maximum absolute atomic E-state index is 14.5. The van der Waals surface area contributed by atoms with Gasteiger partial charge in [-0.15, -0.1) is 0 Å². The molecule has 0 aromatic heterocycles. The molecule has 3 N–H and O–H groups in total. The molecule has 3 amide bonds. The fourth-order valence-electron chi connectivity index (χ4n) is 3.29. The second-order valence-corrected chi connectivity index (χ2v) is 10.2. The SMILES string of the molecule is CC(C)[C@H](NC(=O)C(NC(=O)COc1cc(Cl)cc(Cl)c1)c1ccc(Cl)cc1)C(=O)C(F)(F)C(=O)NCC(F)(F)F. The predicted molar refractivity (Wildman–Crippen MR) is 140 cm³/mol. The molecule has 16 heteroatoms. The quantitative estimate of drug-likeness (QED) is 0.224. The van der Waals surface area contributed by atoms with Crippen LogP contribution in [0.15, 0.2) is 42.5 Å². The molecular formula is C25H23Cl3F5N3O5. The van der Waals surface area contributed by atoms with Crippen LogP contribution in [-0.4, -0.2) is 54.8 Å². The smallest absolute Gasteiger partial charge is 0.405 e. The monoisotopic (exact) mass is 645 g/mol. The predicted octanol–water partition coefficient (Wildman–Crippen LogP) is 4.91. The van der Waals surface area contributed by atoms with Gasteiger partial charge < -0.3 is 20.7 Å². The fourth-order valence-corrected chi connectivity index (χ4v) is 3.92. The van der Waals surface area contributed by atoms with E-state index < -0.39 is 66.8 Å². The molecule has 0 saturated heterocycles. The summed E-state index contributed by atoms with van der Waals surface area (Å²) >= 11 is 17.7. The zero-order chi connectivity index (χ0) is 31.1. The van der Waals surface area contributed by atoms with Crippen LogP contribution in [0.5, 0.6) is 5.75 Å². The van der Waals surface area contributed by atoms with Crippen LogP contribution in [0, 0.1) is 5.92 Å². The summed E-state index contributed by atoms with van der Waals surface area (Å²) in [6, 6.07) is 5.98. The van der Waals surface area contributed by atoms with E-state index in [1.165, 1.54) is 56.3 Å². The molecule has 0 bridgehead atoms. The summed E-state index contributed by atoms with van der Waals surface area (Å²) in [6.07, 6.45) is -5.01. The molecule has 224 valence electrons. The number of halogens is 8. The first kappa shape index (κ1) is 34.0. The van der Waals surface area contributed by atoms with Crippen LogP contribution in [0.2, 0.25) is 15.1 Å². The van der Waals surface area contributed by atoms with E-state index in [1.807, 2.05) is 0 Å². The van der Waals surface area contributed by atoms with E-state index in [4.69, 9.17) is 39.5 Å². The molecule has 2 aromatic carbocycles. The molecule has 8 nitrogen and oxygen atoms in total. The molecule has 2 rings (SSSR count). The lowest BCUT2D eigenvalue weighted by Gasteiger charge is -2.27. The average molecular weight is 647 g/mol. The van der Waals surface area contributed by atoms with E-state index >= 15 is 0 Å². The molecule has 0 aliphatic carbocycles. The van der Waals surface area contributed by atoms with Gasteiger partial charge in [-0.25, -0.2) is 0 Å². The van der Waals surface area contributed by atoms with Gasteiger partial charge in [-0.05, 0) is 41.8 Å². The van der Waals surface area contributed by atoms with Crippen LogP contribution >= 0.6 is 34.8 Å². The van der Waals surface area contributed by atoms with Gasteiger partial charge in [-0.3, -0.25) is 19.2 Å². The highest BCUT2D eigenvalue weighted by molar-refractivity contribution is 6.34. The van der Waals surface area contributed by atoms with Gasteiger partial charge in [0.05, 0.1) is 6.04 Å². The first-order chi connectivity index (χ1) is 18.9. The molecule has 0 fully saturated rings. The Balaban J connectivity index is 2.25. The molecule has 0 aliphatic heterocycles. The summed E-state index contributed by atoms with van der Waals surface area (Å²) in [5.41, 5.74) is 0.121. The fraction of sp³-hybridized carbons (Fsp3) is 0.360. The minimum atomic E-state index is -5.01. The number of hydrogen-bond acceptors (Lipinski definition) is 5. The van der Waals surface area contributed by atoms with E-state index in [9.17, 15) is 41.1 Å². The van der Waals surface area contributed by atoms with Gasteiger partial charge in [0.1, 0.15) is 18.3 Å². The molecule has 0 saturated carbocycles. The zero-order valence-corrected chi connectivity index (χ0v) is 23.5. The maximum atomic E-state index is 14.5. The van der Waals surface area contributed by atoms with Gasteiger partial charge in [0, 0.05) is 15.1 Å². The number of carbonyl (C=O) groups excluding carboxylic acids is 4. The molecule has 0 heterocycles. The Morgan fingerprint density at radius 3 is 1.93 bits per heavy atom. The van der Waals surface area contributed by atoms with Crippen LogP contribution in [-0.2, 0) is 19.2 Å². The van der Waals surface area contributed by atoms with Crippen molar-refractivity contribution in [3.63, 3.8) is 0 Å². The van der Waals surface area contributed by atoms with Gasteiger partial charge in [0.15, 0.2) is 6.61 Å². The van der Waals surface area contributed by atoms with Crippen LogP contribution in [0.3, 0.4) is 0 Å². The molecule has 0 spiro atoms. The van der Waals surface area contributed by atoms with Gasteiger partial charge in [0.25, 0.3) is 11.8 Å². The highest BCUT2D eigenvalue weighted by Crippen LogP contribution is 2.25. The second kappa shape index (κ2) is 14.1. The highest BCUT2D eigenvalue weighted by atomic mass is 35.5. The Labute approximate surface area is 245 Å². The van der Waals surface area contributed by atoms with Crippen LogP contribution in [0.4, 0.5) is 22.0 Å². The lowest BCUT2D eigenvalue weighted by atomic mass is 9.94. The number of ether oxygens (including phenoxy) is 1. The third-order valence-electron chi connectivity index (χ3n) is 5.27. The lowest BCUT2D eigenvalue weighted by molar-refractivity contribution is -0.165. The number of benzene rings is 2. The number of Topliss-reactive ketones (excluding diaryl/α,β-unsaturated/α-hetero) is 1. The second-order valence-electron chi connectivity index (χ2n) is 8.91. The normalized spacial score (nSPS) is 13.2. The van der Waals surface area contributed by atoms with Crippen molar-refractivity contribution < 1.29 is 45.9 Å². The van der Waals surface area contributed by atoms with Crippen LogP contribution < -0.4 is 20.7 Å². The van der Waals surface area contributed by atoms with Gasteiger partial charge in [0.2, 0.25) is 11.7 Å². The van der Waals surface area contributed by atoms with E-state index in [-0.39, 0.29) is 26.4 Å². The Bertz CT molecular complexity index is 1260. The van der Waals surface area contributed by atoms with Crippen LogP contribution in [0.1, 0.15) is 25.5 Å². The maximum Gasteiger partial charge on any atom is 0.405 e. The van der Waals surface area contributed by atoms with Crippen molar-refractivity contribution in [2.45, 2.75) is 38.0 Å². The third-order valence-corrected chi connectivity index (χ3v) is 5.96. The van der Waals surface area contributed by atoms with E-state index in [0.29, 0.717) is 0 Å². The van der Waals surface area contributed by atoms with E-state index in [2.05, 4.69) is 10.6 Å². The largest absolute Gasteiger partial charge is 0.484 e. The molecule has 0 radical (unpaired) electrons. The summed E-state index contributed by atoms with van der Waals surface area (Å²) in [7, 11) is 0. The number of rotatable bonds is 12. The van der Waals surface area contributed by atoms with Crippen LogP contribution in [0.25, 0.3) is 0 Å². The minimum Gasteiger partial charge on any atom is -0.484 e.